The van der Waals surface area contributed by atoms with Gasteiger partial charge in [-0.1, -0.05) is 44.7 Å². The second kappa shape index (κ2) is 11.4. The minimum Gasteiger partial charge on any atom is -0.481 e. The zero-order valence-electron chi connectivity index (χ0n) is 17.4. The fourth-order valence-electron chi connectivity index (χ4n) is 2.74. The lowest BCUT2D eigenvalue weighted by Gasteiger charge is -2.17. The highest BCUT2D eigenvalue weighted by Gasteiger charge is 2.16. The molecule has 0 saturated heterocycles. The molecule has 0 aliphatic rings. The third-order valence-corrected chi connectivity index (χ3v) is 4.09. The number of carbonyl (C=O) groups is 1. The number of halogens is 1. The van der Waals surface area contributed by atoms with Gasteiger partial charge in [-0.25, -0.2) is 4.39 Å². The number of aliphatic hydroxyl groups is 2. The van der Waals surface area contributed by atoms with Gasteiger partial charge in [-0.05, 0) is 43.0 Å². The predicted octanol–water partition coefficient (Wildman–Crippen LogP) is 4.37. The number of aliphatic hydroxyl groups excluding tert-OH is 2. The lowest BCUT2D eigenvalue weighted by Crippen LogP contribution is -2.19. The van der Waals surface area contributed by atoms with E-state index in [1.165, 1.54) is 18.2 Å². The number of allylic oxidation sites excluding steroid dienone is 4. The van der Waals surface area contributed by atoms with Gasteiger partial charge in [-0.2, -0.15) is 0 Å². The second-order valence-corrected chi connectivity index (χ2v) is 7.41. The average Bonchev–Trinajstić information content (AvgIpc) is 2.59. The van der Waals surface area contributed by atoms with Gasteiger partial charge in [0, 0.05) is 17.7 Å². The van der Waals surface area contributed by atoms with E-state index in [9.17, 15) is 19.4 Å². The number of carboxylic acid groups (broad SMARTS) is 1. The number of benzene rings is 1. The molecule has 5 nitrogen and oxygen atoms in total. The van der Waals surface area contributed by atoms with Gasteiger partial charge in [-0.15, -0.1) is 0 Å². The maximum absolute atomic E-state index is 13.3. The molecule has 0 aliphatic heterocycles. The maximum Gasteiger partial charge on any atom is 0.305 e. The summed E-state index contributed by atoms with van der Waals surface area (Å²) in [5.41, 5.74) is 3.62. The molecule has 2 unspecified atom stereocenters. The molecule has 2 atom stereocenters. The second-order valence-electron chi connectivity index (χ2n) is 7.41. The molecular formula is C23H30FNO4. The molecule has 0 spiro atoms. The van der Waals surface area contributed by atoms with Gasteiger partial charge < -0.3 is 15.3 Å². The predicted molar refractivity (Wildman–Crippen MR) is 114 cm³/mol. The minimum atomic E-state index is -1.15. The number of aliphatic imine (C=N–C) groups is 1. The number of nitrogens with zero attached hydrogens (tertiary/aromatic N) is 1. The Balaban J connectivity index is 3.30. The van der Waals surface area contributed by atoms with Gasteiger partial charge in [0.15, 0.2) is 0 Å². The molecule has 6 heteroatoms. The lowest BCUT2D eigenvalue weighted by molar-refractivity contribution is -0.139. The van der Waals surface area contributed by atoms with Crippen LogP contribution < -0.4 is 0 Å². The topological polar surface area (TPSA) is 90.1 Å². The first kappa shape index (κ1) is 24.5. The molecule has 158 valence electrons. The summed E-state index contributed by atoms with van der Waals surface area (Å²) in [5.74, 6) is -1.43. The summed E-state index contributed by atoms with van der Waals surface area (Å²) in [5, 5.41) is 28.6. The summed E-state index contributed by atoms with van der Waals surface area (Å²) in [7, 11) is 0. The fourth-order valence-corrected chi connectivity index (χ4v) is 2.74. The van der Waals surface area contributed by atoms with Crippen molar-refractivity contribution in [2.75, 3.05) is 0 Å². The summed E-state index contributed by atoms with van der Waals surface area (Å²) in [6.45, 7) is 11.9. The molecule has 0 radical (unpaired) electrons. The van der Waals surface area contributed by atoms with Crippen molar-refractivity contribution in [2.24, 2.45) is 10.9 Å². The molecule has 0 heterocycles. The van der Waals surface area contributed by atoms with E-state index in [0.717, 1.165) is 11.4 Å². The number of carboxylic acids is 1. The summed E-state index contributed by atoms with van der Waals surface area (Å²) >= 11 is 0. The molecular weight excluding hydrogens is 373 g/mol. The first-order valence-corrected chi connectivity index (χ1v) is 9.48. The van der Waals surface area contributed by atoms with Gasteiger partial charge in [0.2, 0.25) is 0 Å². The van der Waals surface area contributed by atoms with E-state index < -0.39 is 24.6 Å². The minimum absolute atomic E-state index is 0.0523. The molecule has 0 saturated carbocycles. The van der Waals surface area contributed by atoms with Crippen LogP contribution in [0.25, 0.3) is 5.57 Å². The van der Waals surface area contributed by atoms with Crippen LogP contribution in [0.3, 0.4) is 0 Å². The Labute approximate surface area is 171 Å². The Kier molecular flexibility index (Phi) is 9.65. The van der Waals surface area contributed by atoms with Crippen molar-refractivity contribution in [2.45, 2.75) is 52.7 Å². The van der Waals surface area contributed by atoms with Gasteiger partial charge in [-0.3, -0.25) is 9.79 Å². The van der Waals surface area contributed by atoms with Crippen molar-refractivity contribution in [3.8, 4) is 0 Å². The molecule has 1 rings (SSSR count). The van der Waals surface area contributed by atoms with Crippen LogP contribution in [0.15, 0.2) is 59.3 Å². The first-order valence-electron chi connectivity index (χ1n) is 9.48. The highest BCUT2D eigenvalue weighted by Crippen LogP contribution is 2.30. The van der Waals surface area contributed by atoms with Gasteiger partial charge in [0.1, 0.15) is 5.82 Å². The van der Waals surface area contributed by atoms with Gasteiger partial charge >= 0.3 is 5.97 Å². The monoisotopic (exact) mass is 403 g/mol. The summed E-state index contributed by atoms with van der Waals surface area (Å²) in [6.07, 6.45) is 0.420. The lowest BCUT2D eigenvalue weighted by atomic mass is 9.93. The number of aliphatic carboxylic acids is 1. The van der Waals surface area contributed by atoms with E-state index in [1.54, 1.807) is 18.2 Å². The van der Waals surface area contributed by atoms with Crippen LogP contribution in [-0.2, 0) is 4.79 Å². The smallest absolute Gasteiger partial charge is 0.305 e. The summed E-state index contributed by atoms with van der Waals surface area (Å²) in [4.78, 5) is 15.3. The largest absolute Gasteiger partial charge is 0.481 e. The Bertz CT molecular complexity index is 803. The number of hydrogen-bond acceptors (Lipinski definition) is 4. The van der Waals surface area contributed by atoms with Crippen LogP contribution in [0.2, 0.25) is 0 Å². The van der Waals surface area contributed by atoms with Gasteiger partial charge in [0.25, 0.3) is 0 Å². The van der Waals surface area contributed by atoms with E-state index in [-0.39, 0.29) is 18.2 Å². The Hall–Kier alpha value is -2.57. The third-order valence-electron chi connectivity index (χ3n) is 4.09. The van der Waals surface area contributed by atoms with Crippen molar-refractivity contribution < 1.29 is 24.5 Å². The Morgan fingerprint density at radius 3 is 2.28 bits per heavy atom. The first-order chi connectivity index (χ1) is 13.5. The molecule has 0 aliphatic carbocycles. The van der Waals surface area contributed by atoms with E-state index >= 15 is 0 Å². The van der Waals surface area contributed by atoms with Crippen LogP contribution in [0.4, 0.5) is 4.39 Å². The maximum atomic E-state index is 13.3. The van der Waals surface area contributed by atoms with Crippen LogP contribution in [0, 0.1) is 11.7 Å². The summed E-state index contributed by atoms with van der Waals surface area (Å²) in [6, 6.07) is 5.95. The van der Waals surface area contributed by atoms with Crippen LogP contribution in [0.5, 0.6) is 0 Å². The normalized spacial score (nSPS) is 14.5. The zero-order valence-corrected chi connectivity index (χ0v) is 17.4. The van der Waals surface area contributed by atoms with E-state index in [1.807, 2.05) is 27.7 Å². The van der Waals surface area contributed by atoms with Crippen molar-refractivity contribution >= 4 is 17.3 Å². The summed E-state index contributed by atoms with van der Waals surface area (Å²) < 4.78 is 13.3. The molecule has 0 amide bonds. The Morgan fingerprint density at radius 2 is 1.79 bits per heavy atom. The molecule has 3 N–H and O–H groups in total. The fraction of sp³-hybridized carbons (Fsp3) is 0.391. The van der Waals surface area contributed by atoms with Crippen LogP contribution in [-0.4, -0.2) is 39.2 Å². The molecule has 1 aromatic carbocycles. The van der Waals surface area contributed by atoms with E-state index in [4.69, 9.17) is 5.11 Å². The van der Waals surface area contributed by atoms with Crippen LogP contribution >= 0.6 is 0 Å². The van der Waals surface area contributed by atoms with Crippen molar-refractivity contribution in [3.63, 3.8) is 0 Å². The third kappa shape index (κ3) is 8.54. The number of hydrogen-bond donors (Lipinski definition) is 3. The van der Waals surface area contributed by atoms with Gasteiger partial charge in [0.05, 0.1) is 24.3 Å². The van der Waals surface area contributed by atoms with Crippen LogP contribution in [0.1, 0.15) is 46.1 Å². The molecule has 0 aromatic heterocycles. The quantitative estimate of drug-likeness (QED) is 0.400. The average molecular weight is 403 g/mol. The zero-order chi connectivity index (χ0) is 22.1. The van der Waals surface area contributed by atoms with Crippen molar-refractivity contribution in [3.05, 3.63) is 65.6 Å². The SMILES string of the molecule is C=C(C(/C=C/C(O)CC(O)CC(=O)O)=C(\N=C(C)C)C(C)C)c1ccc(F)cc1. The van der Waals surface area contributed by atoms with E-state index in [2.05, 4.69) is 11.6 Å². The van der Waals surface area contributed by atoms with Crippen molar-refractivity contribution in [1.29, 1.82) is 0 Å². The highest BCUT2D eigenvalue weighted by molar-refractivity contribution is 5.84. The number of rotatable bonds is 10. The highest BCUT2D eigenvalue weighted by atomic mass is 19.1. The molecule has 0 bridgehead atoms. The molecule has 0 fully saturated rings. The standard InChI is InChI=1S/C23H30FNO4/c1-14(2)23(25-15(3)4)21(16(5)17-6-8-18(24)9-7-17)11-10-19(26)12-20(27)13-22(28)29/h6-11,14,19-20,26-27H,5,12-13H2,1-4H3,(H,28,29)/b11-10+,23-21-. The van der Waals surface area contributed by atoms with E-state index in [0.29, 0.717) is 16.7 Å². The molecule has 29 heavy (non-hydrogen) atoms. The van der Waals surface area contributed by atoms with Crippen molar-refractivity contribution in [1.82, 2.24) is 0 Å². The molecule has 1 aromatic rings. The Morgan fingerprint density at radius 1 is 1.21 bits per heavy atom.